The first-order valence-corrected chi connectivity index (χ1v) is 9.57. The molecule has 26 heavy (non-hydrogen) atoms. The molecule has 0 bridgehead atoms. The van der Waals surface area contributed by atoms with Gasteiger partial charge in [0.1, 0.15) is 6.04 Å². The van der Waals surface area contributed by atoms with Crippen LogP contribution < -0.4 is 4.72 Å². The Bertz CT molecular complexity index is 744. The average Bonchev–Trinajstić information content (AvgIpc) is 2.59. The first-order chi connectivity index (χ1) is 12.0. The smallest absolute Gasteiger partial charge is 0.378 e. The second kappa shape index (κ2) is 7.93. The number of sulfonamides is 1. The summed E-state index contributed by atoms with van der Waals surface area (Å²) in [7, 11) is -4.30. The summed E-state index contributed by atoms with van der Waals surface area (Å²) in [5, 5.41) is 0. The van der Waals surface area contributed by atoms with E-state index in [9.17, 15) is 26.4 Å². The Morgan fingerprint density at radius 3 is 2.38 bits per heavy atom. The molecule has 0 spiro atoms. The molecule has 0 radical (unpaired) electrons. The van der Waals surface area contributed by atoms with Gasteiger partial charge in [-0.15, -0.1) is 0 Å². The number of nitrogens with zero attached hydrogens (tertiary/aromatic N) is 1. The van der Waals surface area contributed by atoms with Gasteiger partial charge < -0.3 is 9.64 Å². The van der Waals surface area contributed by atoms with Crippen LogP contribution in [0, 0.1) is 5.92 Å². The summed E-state index contributed by atoms with van der Waals surface area (Å²) >= 11 is 0. The predicted octanol–water partition coefficient (Wildman–Crippen LogP) is 1.87. The van der Waals surface area contributed by atoms with Crippen molar-refractivity contribution >= 4 is 15.9 Å². The molecule has 1 amide bonds. The van der Waals surface area contributed by atoms with Crippen LogP contribution in [0.15, 0.2) is 29.2 Å². The lowest BCUT2D eigenvalue weighted by atomic mass is 10.0. The van der Waals surface area contributed by atoms with Gasteiger partial charge in [0, 0.05) is 13.1 Å². The maximum atomic E-state index is 12.8. The van der Waals surface area contributed by atoms with Crippen molar-refractivity contribution in [3.63, 3.8) is 0 Å². The molecular formula is C16H21F3N2O4S. The highest BCUT2D eigenvalue weighted by molar-refractivity contribution is 7.89. The third-order valence-corrected chi connectivity index (χ3v) is 5.45. The second-order valence-electron chi connectivity index (χ2n) is 6.31. The van der Waals surface area contributed by atoms with Crippen LogP contribution in [0.1, 0.15) is 19.4 Å². The molecule has 1 N–H and O–H groups in total. The maximum Gasteiger partial charge on any atom is 0.416 e. The van der Waals surface area contributed by atoms with E-state index in [1.54, 1.807) is 13.8 Å². The average molecular weight is 394 g/mol. The van der Waals surface area contributed by atoms with Crippen LogP contribution in [0.5, 0.6) is 0 Å². The molecule has 1 aliphatic heterocycles. The van der Waals surface area contributed by atoms with E-state index >= 15 is 0 Å². The number of carbonyl (C=O) groups excluding carboxylic acids is 1. The number of morpholine rings is 1. The van der Waals surface area contributed by atoms with Gasteiger partial charge in [0.25, 0.3) is 0 Å². The standard InChI is InChI=1S/C16H21F3N2O4S/c1-11(2)14(15(22)21-6-8-25-9-7-21)20-26(23,24)13-5-3-4-12(10-13)16(17,18)19/h3-5,10-11,14,20H,6-9H2,1-2H3. The van der Waals surface area contributed by atoms with Crippen molar-refractivity contribution < 1.29 is 31.1 Å². The van der Waals surface area contributed by atoms with Gasteiger partial charge in [-0.2, -0.15) is 17.9 Å². The largest absolute Gasteiger partial charge is 0.416 e. The number of hydrogen-bond acceptors (Lipinski definition) is 4. The summed E-state index contributed by atoms with van der Waals surface area (Å²) < 4.78 is 71.0. The van der Waals surface area contributed by atoms with Gasteiger partial charge >= 0.3 is 6.18 Å². The van der Waals surface area contributed by atoms with Gasteiger partial charge in [0.2, 0.25) is 15.9 Å². The van der Waals surface area contributed by atoms with E-state index in [0.29, 0.717) is 32.4 Å². The second-order valence-corrected chi connectivity index (χ2v) is 8.02. The summed E-state index contributed by atoms with van der Waals surface area (Å²) in [5.41, 5.74) is -1.07. The number of rotatable bonds is 5. The molecule has 0 aromatic heterocycles. The van der Waals surface area contributed by atoms with Crippen molar-refractivity contribution in [2.45, 2.75) is 31.0 Å². The Hall–Kier alpha value is -1.65. The summed E-state index contributed by atoms with van der Waals surface area (Å²) in [6.07, 6.45) is -4.66. The summed E-state index contributed by atoms with van der Waals surface area (Å²) in [6.45, 7) is 4.73. The number of benzene rings is 1. The van der Waals surface area contributed by atoms with Crippen LogP contribution >= 0.6 is 0 Å². The zero-order valence-corrected chi connectivity index (χ0v) is 15.2. The molecule has 1 saturated heterocycles. The van der Waals surface area contributed by atoms with Crippen LogP contribution in [0.4, 0.5) is 13.2 Å². The fourth-order valence-electron chi connectivity index (χ4n) is 2.53. The third-order valence-electron chi connectivity index (χ3n) is 4.01. The number of hydrogen-bond donors (Lipinski definition) is 1. The zero-order valence-electron chi connectivity index (χ0n) is 14.4. The Balaban J connectivity index is 2.25. The van der Waals surface area contributed by atoms with E-state index in [4.69, 9.17) is 4.74 Å². The molecule has 146 valence electrons. The van der Waals surface area contributed by atoms with Crippen LogP contribution in [0.3, 0.4) is 0 Å². The Labute approximate surface area is 150 Å². The molecule has 1 unspecified atom stereocenters. The topological polar surface area (TPSA) is 75.7 Å². The van der Waals surface area contributed by atoms with Crippen LogP contribution in [-0.2, 0) is 25.7 Å². The number of amides is 1. The molecule has 0 aliphatic carbocycles. The molecule has 1 aromatic rings. The molecule has 6 nitrogen and oxygen atoms in total. The molecule has 1 atom stereocenters. The molecule has 0 saturated carbocycles. The molecule has 1 aliphatic rings. The minimum absolute atomic E-state index is 0.341. The number of ether oxygens (including phenoxy) is 1. The van der Waals surface area contributed by atoms with E-state index in [-0.39, 0.29) is 5.92 Å². The van der Waals surface area contributed by atoms with Gasteiger partial charge in [-0.1, -0.05) is 19.9 Å². The van der Waals surface area contributed by atoms with Crippen molar-refractivity contribution in [1.82, 2.24) is 9.62 Å². The Morgan fingerprint density at radius 1 is 1.23 bits per heavy atom. The van der Waals surface area contributed by atoms with Crippen LogP contribution in [0.25, 0.3) is 0 Å². The highest BCUT2D eigenvalue weighted by Crippen LogP contribution is 2.30. The number of nitrogens with one attached hydrogen (secondary N) is 1. The van der Waals surface area contributed by atoms with Crippen LogP contribution in [-0.4, -0.2) is 51.6 Å². The maximum absolute atomic E-state index is 12.8. The van der Waals surface area contributed by atoms with E-state index in [1.807, 2.05) is 0 Å². The van der Waals surface area contributed by atoms with Gasteiger partial charge in [-0.3, -0.25) is 4.79 Å². The highest BCUT2D eigenvalue weighted by Gasteiger charge is 2.34. The number of halogens is 3. The lowest BCUT2D eigenvalue weighted by Crippen LogP contribution is -2.53. The molecule has 1 aromatic carbocycles. The normalized spacial score (nSPS) is 17.4. The first kappa shape index (κ1) is 20.7. The first-order valence-electron chi connectivity index (χ1n) is 8.08. The molecule has 10 heteroatoms. The highest BCUT2D eigenvalue weighted by atomic mass is 32.2. The fraction of sp³-hybridized carbons (Fsp3) is 0.562. The number of alkyl halides is 3. The van der Waals surface area contributed by atoms with Gasteiger partial charge in [-0.05, 0) is 24.1 Å². The van der Waals surface area contributed by atoms with Gasteiger partial charge in [0.05, 0.1) is 23.7 Å². The number of carbonyl (C=O) groups is 1. The van der Waals surface area contributed by atoms with Gasteiger partial charge in [0.15, 0.2) is 0 Å². The lowest BCUT2D eigenvalue weighted by molar-refractivity contribution is -0.138. The summed E-state index contributed by atoms with van der Waals surface area (Å²) in [5.74, 6) is -0.801. The van der Waals surface area contributed by atoms with Crippen molar-refractivity contribution in [1.29, 1.82) is 0 Å². The van der Waals surface area contributed by atoms with Crippen molar-refractivity contribution in [2.24, 2.45) is 5.92 Å². The monoisotopic (exact) mass is 394 g/mol. The molecule has 2 rings (SSSR count). The van der Waals surface area contributed by atoms with E-state index in [0.717, 1.165) is 18.2 Å². The van der Waals surface area contributed by atoms with Crippen molar-refractivity contribution in [3.8, 4) is 0 Å². The molecular weight excluding hydrogens is 373 g/mol. The minimum atomic E-state index is -4.66. The lowest BCUT2D eigenvalue weighted by Gasteiger charge is -2.32. The van der Waals surface area contributed by atoms with Gasteiger partial charge in [-0.25, -0.2) is 8.42 Å². The van der Waals surface area contributed by atoms with Crippen molar-refractivity contribution in [2.75, 3.05) is 26.3 Å². The minimum Gasteiger partial charge on any atom is -0.378 e. The Morgan fingerprint density at radius 2 is 1.85 bits per heavy atom. The zero-order chi connectivity index (χ0) is 19.5. The van der Waals surface area contributed by atoms with E-state index in [1.165, 1.54) is 4.90 Å². The predicted molar refractivity (Wildman–Crippen MR) is 87.8 cm³/mol. The third kappa shape index (κ3) is 4.95. The van der Waals surface area contributed by atoms with E-state index < -0.39 is 38.6 Å². The molecule has 1 fully saturated rings. The van der Waals surface area contributed by atoms with Crippen molar-refractivity contribution in [3.05, 3.63) is 29.8 Å². The van der Waals surface area contributed by atoms with Crippen LogP contribution in [0.2, 0.25) is 0 Å². The summed E-state index contributed by atoms with van der Waals surface area (Å²) in [4.78, 5) is 13.6. The fourth-order valence-corrected chi connectivity index (χ4v) is 3.91. The van der Waals surface area contributed by atoms with E-state index in [2.05, 4.69) is 4.72 Å². The molecule has 1 heterocycles. The Kier molecular flexibility index (Phi) is 6.30. The summed E-state index contributed by atoms with van der Waals surface area (Å²) in [6, 6.07) is 2.35. The quantitative estimate of drug-likeness (QED) is 0.827. The SMILES string of the molecule is CC(C)C(NS(=O)(=O)c1cccc(C(F)(F)F)c1)C(=O)N1CCOCC1.